The van der Waals surface area contributed by atoms with E-state index >= 15 is 0 Å². The molecule has 1 aliphatic carbocycles. The molecule has 1 aliphatic heterocycles. The normalized spacial score (nSPS) is 24.3. The number of benzene rings is 1. The Bertz CT molecular complexity index is 534. The van der Waals surface area contributed by atoms with Gasteiger partial charge in [-0.2, -0.15) is 0 Å². The van der Waals surface area contributed by atoms with Crippen molar-refractivity contribution in [3.63, 3.8) is 0 Å². The van der Waals surface area contributed by atoms with Gasteiger partial charge in [0.1, 0.15) is 4.90 Å². The summed E-state index contributed by atoms with van der Waals surface area (Å²) in [5, 5.41) is 3.20. The largest absolute Gasteiger partial charge is 0.382 e. The van der Waals surface area contributed by atoms with Crippen LogP contribution in [0.2, 0.25) is 0 Å². The van der Waals surface area contributed by atoms with E-state index < -0.39 is 14.6 Å². The van der Waals surface area contributed by atoms with Gasteiger partial charge in [-0.15, -0.1) is 0 Å². The highest BCUT2D eigenvalue weighted by Crippen LogP contribution is 2.52. The third kappa shape index (κ3) is 1.13. The van der Waals surface area contributed by atoms with E-state index in [1.165, 1.54) is 0 Å². The van der Waals surface area contributed by atoms with Crippen molar-refractivity contribution in [3.05, 3.63) is 22.7 Å². The predicted molar refractivity (Wildman–Crippen MR) is 61.8 cm³/mol. The van der Waals surface area contributed by atoms with Crippen molar-refractivity contribution in [1.29, 1.82) is 0 Å². The van der Waals surface area contributed by atoms with Crippen molar-refractivity contribution in [2.24, 2.45) is 0 Å². The molecule has 15 heavy (non-hydrogen) atoms. The molecule has 1 aromatic carbocycles. The Hall–Kier alpha value is -0.550. The highest BCUT2D eigenvalue weighted by atomic mass is 79.9. The number of rotatable bonds is 0. The number of sulfone groups is 1. The second kappa shape index (κ2) is 2.77. The van der Waals surface area contributed by atoms with Crippen molar-refractivity contribution in [1.82, 2.24) is 0 Å². The first kappa shape index (κ1) is 9.66. The molecule has 5 heteroatoms. The number of fused-ring (bicyclic) bond motifs is 1. The Morgan fingerprint density at radius 1 is 1.33 bits per heavy atom. The van der Waals surface area contributed by atoms with E-state index in [2.05, 4.69) is 21.2 Å². The molecule has 1 saturated carbocycles. The van der Waals surface area contributed by atoms with Gasteiger partial charge in [0.25, 0.3) is 0 Å². The molecule has 0 aromatic heterocycles. The number of anilines is 1. The standard InChI is InChI=1S/C10H10BrNO2S/c11-7-2-1-3-8-9(7)15(13,14)10(4-5-10)6-12-8/h1-3,12H,4-6H2. The van der Waals surface area contributed by atoms with Crippen LogP contribution in [0.3, 0.4) is 0 Å². The van der Waals surface area contributed by atoms with Crippen molar-refractivity contribution in [2.75, 3.05) is 11.9 Å². The van der Waals surface area contributed by atoms with Crippen molar-refractivity contribution >= 4 is 31.5 Å². The lowest BCUT2D eigenvalue weighted by molar-refractivity contribution is 0.575. The van der Waals surface area contributed by atoms with Crippen LogP contribution in [0.5, 0.6) is 0 Å². The van der Waals surface area contributed by atoms with Crippen LogP contribution in [0, 0.1) is 0 Å². The smallest absolute Gasteiger partial charge is 0.188 e. The minimum absolute atomic E-state index is 0.439. The fourth-order valence-corrected chi connectivity index (χ4v) is 5.17. The molecular weight excluding hydrogens is 278 g/mol. The van der Waals surface area contributed by atoms with Gasteiger partial charge in [0, 0.05) is 11.0 Å². The van der Waals surface area contributed by atoms with E-state index in [9.17, 15) is 8.42 Å². The van der Waals surface area contributed by atoms with Gasteiger partial charge in [0.15, 0.2) is 9.84 Å². The Morgan fingerprint density at radius 2 is 2.07 bits per heavy atom. The Labute approximate surface area is 96.9 Å². The van der Waals surface area contributed by atoms with Crippen molar-refractivity contribution in [3.8, 4) is 0 Å². The first-order chi connectivity index (χ1) is 7.07. The maximum Gasteiger partial charge on any atom is 0.188 e. The third-order valence-corrected chi connectivity index (χ3v) is 6.81. The van der Waals surface area contributed by atoms with Gasteiger partial charge in [-0.25, -0.2) is 8.42 Å². The summed E-state index contributed by atoms with van der Waals surface area (Å²) in [5.74, 6) is 0. The van der Waals surface area contributed by atoms with E-state index in [1.807, 2.05) is 12.1 Å². The van der Waals surface area contributed by atoms with Gasteiger partial charge in [-0.3, -0.25) is 0 Å². The maximum atomic E-state index is 12.3. The quantitative estimate of drug-likeness (QED) is 0.796. The minimum Gasteiger partial charge on any atom is -0.382 e. The first-order valence-corrected chi connectivity index (χ1v) is 7.11. The van der Waals surface area contributed by atoms with Crippen LogP contribution in [-0.2, 0) is 9.84 Å². The van der Waals surface area contributed by atoms with Crippen LogP contribution in [0.4, 0.5) is 5.69 Å². The molecule has 3 nitrogen and oxygen atoms in total. The van der Waals surface area contributed by atoms with E-state index in [0.29, 0.717) is 15.9 Å². The molecule has 1 heterocycles. The number of nitrogens with one attached hydrogen (secondary N) is 1. The van der Waals surface area contributed by atoms with Gasteiger partial charge in [-0.1, -0.05) is 6.07 Å². The Kier molecular flexibility index (Phi) is 1.78. The molecule has 1 fully saturated rings. The van der Waals surface area contributed by atoms with Gasteiger partial charge in [-0.05, 0) is 40.9 Å². The summed E-state index contributed by atoms with van der Waals surface area (Å²) in [6.07, 6.45) is 1.56. The average Bonchev–Trinajstić information content (AvgIpc) is 2.93. The number of hydrogen-bond donors (Lipinski definition) is 1. The van der Waals surface area contributed by atoms with Gasteiger partial charge in [0.05, 0.1) is 10.4 Å². The summed E-state index contributed by atoms with van der Waals surface area (Å²) >= 11 is 3.32. The SMILES string of the molecule is O=S1(=O)c2c(Br)cccc2NCC12CC2. The molecule has 3 rings (SSSR count). The molecule has 1 N–H and O–H groups in total. The summed E-state index contributed by atoms with van der Waals surface area (Å²) in [5.41, 5.74) is 0.724. The molecule has 0 atom stereocenters. The van der Waals surface area contributed by atoms with E-state index in [4.69, 9.17) is 0 Å². The van der Waals surface area contributed by atoms with Crippen LogP contribution in [0.15, 0.2) is 27.6 Å². The van der Waals surface area contributed by atoms with E-state index in [-0.39, 0.29) is 0 Å². The highest BCUT2D eigenvalue weighted by Gasteiger charge is 2.57. The van der Waals surface area contributed by atoms with Crippen LogP contribution in [-0.4, -0.2) is 19.7 Å². The lowest BCUT2D eigenvalue weighted by Crippen LogP contribution is -2.36. The molecule has 0 bridgehead atoms. The van der Waals surface area contributed by atoms with Crippen LogP contribution in [0.1, 0.15) is 12.8 Å². The maximum absolute atomic E-state index is 12.3. The monoisotopic (exact) mass is 287 g/mol. The van der Waals surface area contributed by atoms with Gasteiger partial charge >= 0.3 is 0 Å². The molecule has 80 valence electrons. The number of hydrogen-bond acceptors (Lipinski definition) is 3. The topological polar surface area (TPSA) is 46.2 Å². The molecule has 1 aromatic rings. The van der Waals surface area contributed by atoms with Gasteiger partial charge < -0.3 is 5.32 Å². The molecule has 1 spiro atoms. The summed E-state index contributed by atoms with van der Waals surface area (Å²) < 4.78 is 24.8. The lowest BCUT2D eigenvalue weighted by atomic mass is 10.3. The highest BCUT2D eigenvalue weighted by molar-refractivity contribution is 9.10. The second-order valence-electron chi connectivity index (χ2n) is 4.16. The second-order valence-corrected chi connectivity index (χ2v) is 7.29. The number of halogens is 1. The van der Waals surface area contributed by atoms with E-state index in [1.54, 1.807) is 6.07 Å². The Balaban J connectivity index is 2.32. The zero-order chi connectivity index (χ0) is 10.7. The zero-order valence-corrected chi connectivity index (χ0v) is 10.4. The van der Waals surface area contributed by atoms with Crippen molar-refractivity contribution < 1.29 is 8.42 Å². The predicted octanol–water partition coefficient (Wildman–Crippen LogP) is 2.18. The minimum atomic E-state index is -3.15. The van der Waals surface area contributed by atoms with Crippen LogP contribution < -0.4 is 5.32 Å². The zero-order valence-electron chi connectivity index (χ0n) is 7.96. The van der Waals surface area contributed by atoms with Crippen molar-refractivity contribution in [2.45, 2.75) is 22.5 Å². The molecular formula is C10H10BrNO2S. The molecule has 2 aliphatic rings. The summed E-state index contributed by atoms with van der Waals surface area (Å²) in [7, 11) is -3.15. The van der Waals surface area contributed by atoms with Crippen LogP contribution in [0.25, 0.3) is 0 Å². The average molecular weight is 288 g/mol. The molecule has 0 saturated heterocycles. The fourth-order valence-electron chi connectivity index (χ4n) is 2.07. The molecule has 0 amide bonds. The summed E-state index contributed by atoms with van der Waals surface area (Å²) in [4.78, 5) is 0.439. The summed E-state index contributed by atoms with van der Waals surface area (Å²) in [6, 6.07) is 5.43. The van der Waals surface area contributed by atoms with Crippen LogP contribution >= 0.6 is 15.9 Å². The third-order valence-electron chi connectivity index (χ3n) is 3.21. The lowest BCUT2D eigenvalue weighted by Gasteiger charge is -2.26. The van der Waals surface area contributed by atoms with Gasteiger partial charge in [0.2, 0.25) is 0 Å². The summed E-state index contributed by atoms with van der Waals surface area (Å²) in [6.45, 7) is 0.554. The van der Waals surface area contributed by atoms with E-state index in [0.717, 1.165) is 18.5 Å². The fraction of sp³-hybridized carbons (Fsp3) is 0.400. The first-order valence-electron chi connectivity index (χ1n) is 4.84. The molecule has 0 radical (unpaired) electrons. The molecule has 0 unspecified atom stereocenters. The Morgan fingerprint density at radius 3 is 2.73 bits per heavy atom.